The van der Waals surface area contributed by atoms with Crippen LogP contribution in [0.5, 0.6) is 11.5 Å². The minimum absolute atomic E-state index is 0.191. The molecule has 19 heavy (non-hydrogen) atoms. The highest BCUT2D eigenvalue weighted by Gasteiger charge is 2.10. The van der Waals surface area contributed by atoms with Crippen LogP contribution in [-0.4, -0.2) is 0 Å². The molecule has 0 spiro atoms. The average molecular weight is 259 g/mol. The van der Waals surface area contributed by atoms with Gasteiger partial charge in [0.25, 0.3) is 0 Å². The lowest BCUT2D eigenvalue weighted by Gasteiger charge is -2.12. The molecule has 1 unspecified atom stereocenters. The van der Waals surface area contributed by atoms with Gasteiger partial charge < -0.3 is 10.5 Å². The molecule has 0 aliphatic heterocycles. The summed E-state index contributed by atoms with van der Waals surface area (Å²) < 4.78 is 19.6. The number of rotatable bonds is 3. The fourth-order valence-corrected chi connectivity index (χ4v) is 1.84. The number of benzene rings is 2. The van der Waals surface area contributed by atoms with E-state index in [1.165, 1.54) is 6.07 Å². The van der Waals surface area contributed by atoms with Gasteiger partial charge in [-0.3, -0.25) is 0 Å². The van der Waals surface area contributed by atoms with Crippen molar-refractivity contribution < 1.29 is 9.13 Å². The van der Waals surface area contributed by atoms with Gasteiger partial charge in [0.2, 0.25) is 0 Å². The van der Waals surface area contributed by atoms with Gasteiger partial charge in [-0.2, -0.15) is 0 Å². The van der Waals surface area contributed by atoms with Crippen LogP contribution < -0.4 is 10.5 Å². The summed E-state index contributed by atoms with van der Waals surface area (Å²) in [6.45, 7) is 5.77. The van der Waals surface area contributed by atoms with Crippen molar-refractivity contribution in [1.29, 1.82) is 0 Å². The van der Waals surface area contributed by atoms with E-state index in [4.69, 9.17) is 10.5 Å². The van der Waals surface area contributed by atoms with Gasteiger partial charge in [0.05, 0.1) is 0 Å². The zero-order valence-electron chi connectivity index (χ0n) is 11.4. The minimum atomic E-state index is -0.393. The molecule has 0 saturated carbocycles. The molecule has 2 nitrogen and oxygen atoms in total. The van der Waals surface area contributed by atoms with Crippen molar-refractivity contribution in [3.05, 3.63) is 58.9 Å². The topological polar surface area (TPSA) is 35.2 Å². The maximum atomic E-state index is 13.9. The standard InChI is InChI=1S/C16H18FNO/c1-10-5-4-6-15(11(10)2)19-16-8-7-13(12(3)18)9-14(16)17/h4-9,12H,18H2,1-3H3. The third-order valence-corrected chi connectivity index (χ3v) is 3.26. The molecule has 2 N–H and O–H groups in total. The summed E-state index contributed by atoms with van der Waals surface area (Å²) in [5, 5.41) is 0. The molecule has 0 bridgehead atoms. The van der Waals surface area contributed by atoms with E-state index in [0.29, 0.717) is 5.75 Å². The van der Waals surface area contributed by atoms with Gasteiger partial charge in [-0.15, -0.1) is 0 Å². The fourth-order valence-electron chi connectivity index (χ4n) is 1.84. The number of ether oxygens (including phenoxy) is 1. The second kappa shape index (κ2) is 5.41. The summed E-state index contributed by atoms with van der Waals surface area (Å²) in [6.07, 6.45) is 0. The molecule has 0 heterocycles. The molecule has 1 atom stereocenters. The number of nitrogens with two attached hydrogens (primary N) is 1. The molecule has 0 fully saturated rings. The van der Waals surface area contributed by atoms with Crippen molar-refractivity contribution in [3.63, 3.8) is 0 Å². The van der Waals surface area contributed by atoms with E-state index in [1.54, 1.807) is 12.1 Å². The Kier molecular flexibility index (Phi) is 3.86. The quantitative estimate of drug-likeness (QED) is 0.894. The van der Waals surface area contributed by atoms with E-state index in [9.17, 15) is 4.39 Å². The Morgan fingerprint density at radius 1 is 1.11 bits per heavy atom. The lowest BCUT2D eigenvalue weighted by atomic mass is 10.1. The summed E-state index contributed by atoms with van der Waals surface area (Å²) in [5.74, 6) is 0.501. The second-order valence-corrected chi connectivity index (χ2v) is 4.78. The highest BCUT2D eigenvalue weighted by molar-refractivity contribution is 5.42. The van der Waals surface area contributed by atoms with E-state index in [1.807, 2.05) is 39.0 Å². The first-order chi connectivity index (χ1) is 8.99. The van der Waals surface area contributed by atoms with Crippen LogP contribution in [0.4, 0.5) is 4.39 Å². The summed E-state index contributed by atoms with van der Waals surface area (Å²) >= 11 is 0. The monoisotopic (exact) mass is 259 g/mol. The lowest BCUT2D eigenvalue weighted by molar-refractivity contribution is 0.438. The zero-order chi connectivity index (χ0) is 14.0. The van der Waals surface area contributed by atoms with Crippen molar-refractivity contribution in [1.82, 2.24) is 0 Å². The van der Waals surface area contributed by atoms with E-state index in [2.05, 4.69) is 0 Å². The van der Waals surface area contributed by atoms with Crippen molar-refractivity contribution in [2.24, 2.45) is 5.73 Å². The van der Waals surface area contributed by atoms with Crippen LogP contribution in [0, 0.1) is 19.7 Å². The number of hydrogen-bond acceptors (Lipinski definition) is 2. The highest BCUT2D eigenvalue weighted by Crippen LogP contribution is 2.29. The molecule has 0 aliphatic carbocycles. The van der Waals surface area contributed by atoms with Crippen molar-refractivity contribution in [2.75, 3.05) is 0 Å². The molecule has 3 heteroatoms. The number of hydrogen-bond donors (Lipinski definition) is 1. The third-order valence-electron chi connectivity index (χ3n) is 3.26. The minimum Gasteiger partial charge on any atom is -0.454 e. The molecule has 2 rings (SSSR count). The van der Waals surface area contributed by atoms with Gasteiger partial charge in [0.1, 0.15) is 5.75 Å². The summed E-state index contributed by atoms with van der Waals surface area (Å²) in [7, 11) is 0. The largest absolute Gasteiger partial charge is 0.454 e. The van der Waals surface area contributed by atoms with Gasteiger partial charge in [-0.1, -0.05) is 18.2 Å². The molecule has 2 aromatic rings. The van der Waals surface area contributed by atoms with E-state index >= 15 is 0 Å². The van der Waals surface area contributed by atoms with E-state index in [-0.39, 0.29) is 11.8 Å². The Bertz CT molecular complexity index is 593. The Balaban J connectivity index is 2.31. The predicted octanol–water partition coefficient (Wildman–Crippen LogP) is 4.25. The normalized spacial score (nSPS) is 12.3. The second-order valence-electron chi connectivity index (χ2n) is 4.78. The summed E-state index contributed by atoms with van der Waals surface area (Å²) in [6, 6.07) is 10.4. The van der Waals surface area contributed by atoms with Crippen molar-refractivity contribution >= 4 is 0 Å². The average Bonchev–Trinajstić information content (AvgIpc) is 2.37. The molecular weight excluding hydrogens is 241 g/mol. The van der Waals surface area contributed by atoms with Gasteiger partial charge in [-0.05, 0) is 55.7 Å². The van der Waals surface area contributed by atoms with Gasteiger partial charge in [0, 0.05) is 6.04 Å². The van der Waals surface area contributed by atoms with Crippen molar-refractivity contribution in [2.45, 2.75) is 26.8 Å². The Hall–Kier alpha value is -1.87. The maximum absolute atomic E-state index is 13.9. The van der Waals surface area contributed by atoms with Gasteiger partial charge in [0.15, 0.2) is 11.6 Å². The van der Waals surface area contributed by atoms with Gasteiger partial charge >= 0.3 is 0 Å². The highest BCUT2D eigenvalue weighted by atomic mass is 19.1. The third kappa shape index (κ3) is 2.93. The van der Waals surface area contributed by atoms with Crippen LogP contribution in [0.2, 0.25) is 0 Å². The smallest absolute Gasteiger partial charge is 0.166 e. The van der Waals surface area contributed by atoms with E-state index in [0.717, 1.165) is 16.7 Å². The van der Waals surface area contributed by atoms with E-state index < -0.39 is 5.82 Å². The zero-order valence-corrected chi connectivity index (χ0v) is 11.4. The van der Waals surface area contributed by atoms with Crippen LogP contribution in [-0.2, 0) is 0 Å². The SMILES string of the molecule is Cc1cccc(Oc2ccc(C(C)N)cc2F)c1C. The molecule has 0 radical (unpaired) electrons. The van der Waals surface area contributed by atoms with Crippen LogP contribution in [0.25, 0.3) is 0 Å². The maximum Gasteiger partial charge on any atom is 0.166 e. The van der Waals surface area contributed by atoms with Crippen LogP contribution in [0.1, 0.15) is 29.7 Å². The first kappa shape index (κ1) is 13.6. The Morgan fingerprint density at radius 3 is 2.47 bits per heavy atom. The molecule has 0 amide bonds. The summed E-state index contributed by atoms with van der Waals surface area (Å²) in [4.78, 5) is 0. The molecular formula is C16H18FNO. The van der Waals surface area contributed by atoms with Crippen molar-refractivity contribution in [3.8, 4) is 11.5 Å². The molecule has 0 saturated heterocycles. The van der Waals surface area contributed by atoms with Gasteiger partial charge in [-0.25, -0.2) is 4.39 Å². The predicted molar refractivity (Wildman–Crippen MR) is 75.0 cm³/mol. The Labute approximate surface area is 113 Å². The number of aryl methyl sites for hydroxylation is 1. The fraction of sp³-hybridized carbons (Fsp3) is 0.250. The summed E-state index contributed by atoms with van der Waals surface area (Å²) in [5.41, 5.74) is 8.61. The van der Waals surface area contributed by atoms with Crippen LogP contribution in [0.3, 0.4) is 0 Å². The van der Waals surface area contributed by atoms with Crippen LogP contribution in [0.15, 0.2) is 36.4 Å². The molecule has 2 aromatic carbocycles. The van der Waals surface area contributed by atoms with Crippen LogP contribution >= 0.6 is 0 Å². The molecule has 0 aromatic heterocycles. The first-order valence-corrected chi connectivity index (χ1v) is 6.28. The Morgan fingerprint density at radius 2 is 1.84 bits per heavy atom. The lowest BCUT2D eigenvalue weighted by Crippen LogP contribution is -2.05. The molecule has 0 aliphatic rings. The molecule has 100 valence electrons. The first-order valence-electron chi connectivity index (χ1n) is 6.28. The number of halogens is 1.